The van der Waals surface area contributed by atoms with Crippen molar-refractivity contribution in [2.75, 3.05) is 19.4 Å². The SMILES string of the molecule is C[C@@H](O)[C@H]1C(=O)N2C(C(=O)O)=C(S[C@@H]3CN[C@H](CONS(C)(=O)=O)C3)[C@H](C)[C@H]12. The molecule has 0 aromatic heterocycles. The van der Waals surface area contributed by atoms with Crippen LogP contribution in [0.25, 0.3) is 0 Å². The van der Waals surface area contributed by atoms with Crippen LogP contribution < -0.4 is 10.2 Å². The maximum Gasteiger partial charge on any atom is 0.353 e. The summed E-state index contributed by atoms with van der Waals surface area (Å²) in [5, 5.41) is 22.8. The summed E-state index contributed by atoms with van der Waals surface area (Å²) < 4.78 is 22.1. The lowest BCUT2D eigenvalue weighted by atomic mass is 9.79. The molecule has 3 heterocycles. The molecule has 0 bridgehead atoms. The fourth-order valence-electron chi connectivity index (χ4n) is 4.10. The van der Waals surface area contributed by atoms with Gasteiger partial charge < -0.3 is 20.4 Å². The third-order valence-electron chi connectivity index (χ3n) is 5.28. The molecule has 28 heavy (non-hydrogen) atoms. The third kappa shape index (κ3) is 4.07. The largest absolute Gasteiger partial charge is 0.477 e. The number of hydrogen-bond donors (Lipinski definition) is 4. The summed E-state index contributed by atoms with van der Waals surface area (Å²) in [6, 6.07) is -0.394. The first-order chi connectivity index (χ1) is 13.0. The van der Waals surface area contributed by atoms with Gasteiger partial charge in [0.2, 0.25) is 15.9 Å². The standard InChI is InChI=1S/C16H25N3O7S2/c1-7-12-11(8(2)20)15(21)19(12)13(16(22)23)14(7)27-10-4-9(17-5-10)6-26-18-28(3,24)25/h7-12,17-18,20H,4-6H2,1-3H3,(H,22,23)/t7-,8-,9+,10+,11-,12-/m1/s1. The van der Waals surface area contributed by atoms with Gasteiger partial charge >= 0.3 is 5.97 Å². The lowest BCUT2D eigenvalue weighted by Gasteiger charge is -2.46. The van der Waals surface area contributed by atoms with Gasteiger partial charge in [-0.3, -0.25) is 9.63 Å². The highest BCUT2D eigenvalue weighted by Crippen LogP contribution is 2.51. The molecule has 3 rings (SSSR count). The number of sulfonamides is 1. The van der Waals surface area contributed by atoms with E-state index in [-0.39, 0.29) is 41.5 Å². The quantitative estimate of drug-likeness (QED) is 0.281. The molecule has 158 valence electrons. The average molecular weight is 436 g/mol. The van der Waals surface area contributed by atoms with Crippen molar-refractivity contribution in [1.82, 2.24) is 15.1 Å². The maximum atomic E-state index is 12.4. The van der Waals surface area contributed by atoms with Crippen molar-refractivity contribution in [3.8, 4) is 0 Å². The molecule has 0 radical (unpaired) electrons. The van der Waals surface area contributed by atoms with Crippen LogP contribution in [0.3, 0.4) is 0 Å². The lowest BCUT2D eigenvalue weighted by molar-refractivity contribution is -0.163. The number of β-lactam (4-membered cyclic amide) rings is 1. The molecular weight excluding hydrogens is 410 g/mol. The number of hydrogen-bond acceptors (Lipinski definition) is 8. The fourth-order valence-corrected chi connectivity index (χ4v) is 5.90. The van der Waals surface area contributed by atoms with Crippen molar-refractivity contribution < 1.29 is 33.1 Å². The van der Waals surface area contributed by atoms with Crippen molar-refractivity contribution in [1.29, 1.82) is 0 Å². The zero-order chi connectivity index (χ0) is 20.8. The van der Waals surface area contributed by atoms with Crippen LogP contribution in [-0.4, -0.2) is 78.3 Å². The van der Waals surface area contributed by atoms with Gasteiger partial charge in [0.1, 0.15) is 5.70 Å². The number of aliphatic carboxylic acids is 1. The van der Waals surface area contributed by atoms with E-state index in [0.717, 1.165) is 6.26 Å². The van der Waals surface area contributed by atoms with Gasteiger partial charge in [-0.15, -0.1) is 11.8 Å². The van der Waals surface area contributed by atoms with E-state index in [2.05, 4.69) is 5.32 Å². The minimum atomic E-state index is -3.43. The predicted molar refractivity (Wildman–Crippen MR) is 101 cm³/mol. The molecular formula is C16H25N3O7S2. The molecule has 1 amide bonds. The van der Waals surface area contributed by atoms with Gasteiger partial charge in [-0.1, -0.05) is 11.8 Å². The van der Waals surface area contributed by atoms with Crippen LogP contribution >= 0.6 is 11.8 Å². The number of fused-ring (bicyclic) bond motifs is 1. The predicted octanol–water partition coefficient (Wildman–Crippen LogP) is -0.915. The van der Waals surface area contributed by atoms with E-state index in [9.17, 15) is 28.2 Å². The van der Waals surface area contributed by atoms with Crippen molar-refractivity contribution in [2.45, 2.75) is 43.7 Å². The Hall–Kier alpha value is -1.18. The molecule has 12 heteroatoms. The van der Waals surface area contributed by atoms with Gasteiger partial charge in [-0.25, -0.2) is 13.2 Å². The first kappa shape index (κ1) is 21.5. The molecule has 0 unspecified atom stereocenters. The Morgan fingerprint density at radius 2 is 2.18 bits per heavy atom. The molecule has 6 atom stereocenters. The van der Waals surface area contributed by atoms with E-state index < -0.39 is 28.0 Å². The smallest absolute Gasteiger partial charge is 0.353 e. The van der Waals surface area contributed by atoms with Crippen LogP contribution in [0.4, 0.5) is 0 Å². The molecule has 4 N–H and O–H groups in total. The van der Waals surface area contributed by atoms with Gasteiger partial charge in [-0.05, 0) is 13.3 Å². The summed E-state index contributed by atoms with van der Waals surface area (Å²) in [6.07, 6.45) is 0.839. The fraction of sp³-hybridized carbons (Fsp3) is 0.750. The Kier molecular flexibility index (Phi) is 6.09. The van der Waals surface area contributed by atoms with Crippen LogP contribution in [0.5, 0.6) is 0 Å². The number of thioether (sulfide) groups is 1. The van der Waals surface area contributed by atoms with Gasteiger partial charge in [0.15, 0.2) is 0 Å². The monoisotopic (exact) mass is 435 g/mol. The molecule has 0 saturated carbocycles. The summed E-state index contributed by atoms with van der Waals surface area (Å²) in [7, 11) is -3.43. The van der Waals surface area contributed by atoms with Crippen LogP contribution in [-0.2, 0) is 24.4 Å². The van der Waals surface area contributed by atoms with E-state index in [1.807, 2.05) is 11.8 Å². The van der Waals surface area contributed by atoms with Crippen molar-refractivity contribution in [2.24, 2.45) is 11.8 Å². The topological polar surface area (TPSA) is 145 Å². The van der Waals surface area contributed by atoms with Crippen LogP contribution in [0.15, 0.2) is 10.6 Å². The number of amides is 1. The molecule has 2 fully saturated rings. The van der Waals surface area contributed by atoms with Crippen LogP contribution in [0, 0.1) is 11.8 Å². The molecule has 0 aliphatic carbocycles. The molecule has 10 nitrogen and oxygen atoms in total. The van der Waals surface area contributed by atoms with Gasteiger partial charge in [0.25, 0.3) is 0 Å². The van der Waals surface area contributed by atoms with E-state index in [1.165, 1.54) is 16.7 Å². The Morgan fingerprint density at radius 3 is 2.75 bits per heavy atom. The minimum Gasteiger partial charge on any atom is -0.477 e. The highest BCUT2D eigenvalue weighted by atomic mass is 32.2. The van der Waals surface area contributed by atoms with Crippen molar-refractivity contribution >= 4 is 33.7 Å². The van der Waals surface area contributed by atoms with Crippen LogP contribution in [0.2, 0.25) is 0 Å². The Labute approximate surface area is 167 Å². The summed E-state index contributed by atoms with van der Waals surface area (Å²) in [5.74, 6) is -2.23. The number of nitrogens with one attached hydrogen (secondary N) is 2. The number of aliphatic hydroxyl groups excluding tert-OH is 1. The number of carbonyl (C=O) groups excluding carboxylic acids is 1. The number of carboxylic acids is 1. The summed E-state index contributed by atoms with van der Waals surface area (Å²) >= 11 is 1.43. The van der Waals surface area contributed by atoms with E-state index in [1.54, 1.807) is 6.92 Å². The molecule has 0 aromatic carbocycles. The van der Waals surface area contributed by atoms with Crippen molar-refractivity contribution in [3.63, 3.8) is 0 Å². The zero-order valence-corrected chi connectivity index (χ0v) is 17.4. The van der Waals surface area contributed by atoms with Gasteiger partial charge in [-0.2, -0.15) is 0 Å². The van der Waals surface area contributed by atoms with Gasteiger partial charge in [0.05, 0.1) is 30.9 Å². The Morgan fingerprint density at radius 1 is 1.50 bits per heavy atom. The second kappa shape index (κ2) is 7.92. The highest BCUT2D eigenvalue weighted by molar-refractivity contribution is 8.03. The molecule has 3 aliphatic rings. The molecule has 3 aliphatic heterocycles. The molecule has 2 saturated heterocycles. The number of carboxylic acid groups (broad SMARTS) is 1. The van der Waals surface area contributed by atoms with Gasteiger partial charge in [0, 0.05) is 28.7 Å². The second-order valence-corrected chi connectivity index (χ2v) is 10.6. The third-order valence-corrected chi connectivity index (χ3v) is 7.21. The number of carbonyl (C=O) groups is 2. The molecule has 0 spiro atoms. The zero-order valence-electron chi connectivity index (χ0n) is 15.8. The first-order valence-corrected chi connectivity index (χ1v) is 11.8. The normalized spacial score (nSPS) is 33.8. The van der Waals surface area contributed by atoms with E-state index >= 15 is 0 Å². The highest BCUT2D eigenvalue weighted by Gasteiger charge is 2.60. The Bertz CT molecular complexity index is 798. The molecule has 0 aromatic rings. The van der Waals surface area contributed by atoms with E-state index in [4.69, 9.17) is 4.84 Å². The first-order valence-electron chi connectivity index (χ1n) is 8.98. The maximum absolute atomic E-state index is 12.4. The van der Waals surface area contributed by atoms with E-state index in [0.29, 0.717) is 17.9 Å². The number of nitrogens with zero attached hydrogens (tertiary/aromatic N) is 1. The summed E-state index contributed by atoms with van der Waals surface area (Å²) in [4.78, 5) is 33.1. The van der Waals surface area contributed by atoms with Crippen molar-refractivity contribution in [3.05, 3.63) is 10.6 Å². The minimum absolute atomic E-state index is 0.0165. The number of rotatable bonds is 8. The lowest BCUT2D eigenvalue weighted by Crippen LogP contribution is -2.63. The summed E-state index contributed by atoms with van der Waals surface area (Å²) in [5.41, 5.74) is 0.0165. The van der Waals surface area contributed by atoms with Crippen LogP contribution in [0.1, 0.15) is 20.3 Å². The average Bonchev–Trinajstić information content (AvgIpc) is 3.09. The summed E-state index contributed by atoms with van der Waals surface area (Å²) in [6.45, 7) is 4.20. The Balaban J connectivity index is 1.65. The second-order valence-electron chi connectivity index (χ2n) is 7.52. The number of aliphatic hydroxyl groups is 1.